The highest BCUT2D eigenvalue weighted by molar-refractivity contribution is 6.76. The third-order valence-corrected chi connectivity index (χ3v) is 12.3. The summed E-state index contributed by atoms with van der Waals surface area (Å²) in [5, 5.41) is 0.304. The molecule has 3 heteroatoms. The predicted molar refractivity (Wildman–Crippen MR) is 113 cm³/mol. The van der Waals surface area contributed by atoms with Gasteiger partial charge in [0.1, 0.15) is 0 Å². The van der Waals surface area contributed by atoms with Gasteiger partial charge in [0, 0.05) is 8.07 Å². The monoisotopic (exact) mass is 364 g/mol. The summed E-state index contributed by atoms with van der Waals surface area (Å²) >= 11 is 0. The molecule has 2 aliphatic rings. The number of allylic oxidation sites excluding steroid dienone is 3. The van der Waals surface area contributed by atoms with Crippen molar-refractivity contribution in [3.05, 3.63) is 24.3 Å². The Hall–Kier alpha value is -0.126. The third-order valence-electron chi connectivity index (χ3n) is 6.32. The molecule has 0 aliphatic heterocycles. The van der Waals surface area contributed by atoms with Crippen LogP contribution >= 0.6 is 0 Å². The summed E-state index contributed by atoms with van der Waals surface area (Å²) in [4.78, 5) is 0. The normalized spacial score (nSPS) is 31.7. The molecule has 0 N–H and O–H groups in total. The summed E-state index contributed by atoms with van der Waals surface area (Å²) in [6, 6.07) is 1.32. The smallest absolute Gasteiger partial charge is 0.192 e. The summed E-state index contributed by atoms with van der Waals surface area (Å²) in [6.45, 7) is 19.2. The first-order valence-electron chi connectivity index (χ1n) is 9.90. The lowest BCUT2D eigenvalue weighted by atomic mass is 9.84. The fourth-order valence-corrected chi connectivity index (χ4v) is 6.04. The zero-order chi connectivity index (χ0) is 18.2. The van der Waals surface area contributed by atoms with Crippen LogP contribution in [0.3, 0.4) is 0 Å². The molecular formula is C21H40OSi2. The molecule has 0 bridgehead atoms. The Kier molecular flexibility index (Phi) is 6.09. The van der Waals surface area contributed by atoms with Crippen LogP contribution in [0.1, 0.15) is 40.0 Å². The molecule has 24 heavy (non-hydrogen) atoms. The molecule has 1 nitrogen and oxygen atoms in total. The average Bonchev–Trinajstić information content (AvgIpc) is 2.79. The van der Waals surface area contributed by atoms with Gasteiger partial charge in [-0.05, 0) is 61.2 Å². The van der Waals surface area contributed by atoms with Gasteiger partial charge >= 0.3 is 0 Å². The molecule has 0 amide bonds. The van der Waals surface area contributed by atoms with Crippen LogP contribution in [-0.4, -0.2) is 22.5 Å². The maximum atomic E-state index is 6.83. The Morgan fingerprint density at radius 3 is 2.33 bits per heavy atom. The molecule has 0 aromatic carbocycles. The molecule has 2 rings (SSSR count). The molecule has 1 fully saturated rings. The second-order valence-electron chi connectivity index (χ2n) is 10.8. The van der Waals surface area contributed by atoms with Crippen LogP contribution in [-0.2, 0) is 4.43 Å². The SMILES string of the molecule is CC(C)(C)[Si](C)(C)O[C@@H]1CC=C[C@@H]2C[C@H](/C=C/C[Si](C)(C)C)C[C@@H]21. The molecule has 0 spiro atoms. The first-order chi connectivity index (χ1) is 10.9. The number of hydrogen-bond donors (Lipinski definition) is 0. The topological polar surface area (TPSA) is 9.23 Å². The van der Waals surface area contributed by atoms with Gasteiger partial charge in [-0.25, -0.2) is 0 Å². The molecule has 2 aliphatic carbocycles. The second-order valence-corrected chi connectivity index (χ2v) is 21.1. The van der Waals surface area contributed by atoms with Gasteiger partial charge in [0.2, 0.25) is 0 Å². The molecule has 0 unspecified atom stereocenters. The number of fused-ring (bicyclic) bond motifs is 1. The Morgan fingerprint density at radius 1 is 1.08 bits per heavy atom. The van der Waals surface area contributed by atoms with E-state index in [1.807, 2.05) is 0 Å². The van der Waals surface area contributed by atoms with Crippen molar-refractivity contribution in [2.24, 2.45) is 17.8 Å². The Morgan fingerprint density at radius 2 is 1.75 bits per heavy atom. The highest BCUT2D eigenvalue weighted by Crippen LogP contribution is 2.47. The zero-order valence-electron chi connectivity index (χ0n) is 17.4. The van der Waals surface area contributed by atoms with E-state index in [0.717, 1.165) is 24.2 Å². The molecule has 0 aromatic rings. The molecule has 0 radical (unpaired) electrons. The molecule has 0 aromatic heterocycles. The van der Waals surface area contributed by atoms with Gasteiger partial charge in [0.25, 0.3) is 0 Å². The lowest BCUT2D eigenvalue weighted by Gasteiger charge is -2.42. The van der Waals surface area contributed by atoms with Crippen LogP contribution in [0, 0.1) is 17.8 Å². The van der Waals surface area contributed by atoms with Crippen LogP contribution in [0.5, 0.6) is 0 Å². The second kappa shape index (κ2) is 7.24. The van der Waals surface area contributed by atoms with Crippen LogP contribution in [0.2, 0.25) is 43.8 Å². The van der Waals surface area contributed by atoms with E-state index in [1.165, 1.54) is 18.9 Å². The van der Waals surface area contributed by atoms with E-state index < -0.39 is 16.4 Å². The van der Waals surface area contributed by atoms with Crippen molar-refractivity contribution in [3.8, 4) is 0 Å². The van der Waals surface area contributed by atoms with E-state index in [1.54, 1.807) is 0 Å². The summed E-state index contributed by atoms with van der Waals surface area (Å²) < 4.78 is 6.83. The van der Waals surface area contributed by atoms with Crippen LogP contribution in [0.25, 0.3) is 0 Å². The lowest BCUT2D eigenvalue weighted by molar-refractivity contribution is 0.0999. The molecule has 1 saturated carbocycles. The molecule has 0 saturated heterocycles. The summed E-state index contributed by atoms with van der Waals surface area (Å²) in [6.07, 6.45) is 14.2. The summed E-state index contributed by atoms with van der Waals surface area (Å²) in [5.74, 6) is 2.25. The van der Waals surface area contributed by atoms with Crippen molar-refractivity contribution in [2.75, 3.05) is 0 Å². The third kappa shape index (κ3) is 5.18. The quantitative estimate of drug-likeness (QED) is 0.382. The first kappa shape index (κ1) is 20.2. The highest BCUT2D eigenvalue weighted by atomic mass is 28.4. The van der Waals surface area contributed by atoms with E-state index in [-0.39, 0.29) is 0 Å². The van der Waals surface area contributed by atoms with Crippen LogP contribution in [0.15, 0.2) is 24.3 Å². The molecular weight excluding hydrogens is 324 g/mol. The largest absolute Gasteiger partial charge is 0.413 e. The van der Waals surface area contributed by atoms with E-state index in [9.17, 15) is 0 Å². The Bertz CT molecular complexity index is 479. The van der Waals surface area contributed by atoms with Crippen molar-refractivity contribution in [1.29, 1.82) is 0 Å². The fraction of sp³-hybridized carbons (Fsp3) is 0.810. The maximum absolute atomic E-state index is 6.83. The maximum Gasteiger partial charge on any atom is 0.192 e. The van der Waals surface area contributed by atoms with Crippen molar-refractivity contribution in [2.45, 2.75) is 90.0 Å². The molecule has 4 atom stereocenters. The summed E-state index contributed by atoms with van der Waals surface area (Å²) in [7, 11) is -2.62. The van der Waals surface area contributed by atoms with Gasteiger partial charge in [-0.3, -0.25) is 0 Å². The van der Waals surface area contributed by atoms with Crippen molar-refractivity contribution in [3.63, 3.8) is 0 Å². The van der Waals surface area contributed by atoms with Gasteiger partial charge < -0.3 is 4.43 Å². The Balaban J connectivity index is 2.00. The van der Waals surface area contributed by atoms with E-state index in [2.05, 4.69) is 77.8 Å². The minimum Gasteiger partial charge on any atom is -0.413 e. The predicted octanol–water partition coefficient (Wildman–Crippen LogP) is 6.87. The van der Waals surface area contributed by atoms with E-state index in [0.29, 0.717) is 11.1 Å². The Labute approximate surface area is 153 Å². The molecule has 0 heterocycles. The van der Waals surface area contributed by atoms with Crippen LogP contribution in [0.4, 0.5) is 0 Å². The van der Waals surface area contributed by atoms with Crippen molar-refractivity contribution in [1.82, 2.24) is 0 Å². The number of rotatable bonds is 5. The minimum absolute atomic E-state index is 0.304. The van der Waals surface area contributed by atoms with Gasteiger partial charge in [-0.2, -0.15) is 0 Å². The van der Waals surface area contributed by atoms with Crippen molar-refractivity contribution >= 4 is 16.4 Å². The standard InChI is InChI=1S/C21H40OSi2/c1-21(2,3)24(7,8)22-20-13-9-12-18-15-17(16-19(18)20)11-10-14-23(4,5)6/h9-12,17-20H,13-16H2,1-8H3/b11-10+/t17-,18+,19-,20+/m0/s1. The zero-order valence-corrected chi connectivity index (χ0v) is 19.4. The highest BCUT2D eigenvalue weighted by Gasteiger charge is 2.44. The number of hydrogen-bond acceptors (Lipinski definition) is 1. The lowest BCUT2D eigenvalue weighted by Crippen LogP contribution is -2.46. The summed E-state index contributed by atoms with van der Waals surface area (Å²) in [5.41, 5.74) is 0. The van der Waals surface area contributed by atoms with Gasteiger partial charge in [0.05, 0.1) is 6.10 Å². The van der Waals surface area contributed by atoms with E-state index in [4.69, 9.17) is 4.43 Å². The fourth-order valence-electron chi connectivity index (χ4n) is 3.82. The van der Waals surface area contributed by atoms with Gasteiger partial charge in [0.15, 0.2) is 8.32 Å². The van der Waals surface area contributed by atoms with Gasteiger partial charge in [-0.1, -0.05) is 64.7 Å². The first-order valence-corrected chi connectivity index (χ1v) is 16.5. The van der Waals surface area contributed by atoms with Crippen LogP contribution < -0.4 is 0 Å². The van der Waals surface area contributed by atoms with Gasteiger partial charge in [-0.15, -0.1) is 0 Å². The van der Waals surface area contributed by atoms with E-state index >= 15 is 0 Å². The average molecular weight is 365 g/mol. The molecule has 138 valence electrons. The van der Waals surface area contributed by atoms with Crippen molar-refractivity contribution < 1.29 is 4.43 Å². The minimum atomic E-state index is -1.67.